The summed E-state index contributed by atoms with van der Waals surface area (Å²) in [5.74, 6) is 0. The average Bonchev–Trinajstić information content (AvgIpc) is 2.04. The van der Waals surface area contributed by atoms with Crippen molar-refractivity contribution in [3.8, 4) is 0 Å². The van der Waals surface area contributed by atoms with Gasteiger partial charge in [-0.15, -0.1) is 0 Å². The number of hydrogen-bond donors (Lipinski definition) is 1. The molecule has 3 nitrogen and oxygen atoms in total. The third kappa shape index (κ3) is 9.80. The minimum atomic E-state index is 0.340. The van der Waals surface area contributed by atoms with Gasteiger partial charge in [0.1, 0.15) is 0 Å². The van der Waals surface area contributed by atoms with Gasteiger partial charge >= 0.3 is 0 Å². The lowest BCUT2D eigenvalue weighted by atomic mass is 10.2. The van der Waals surface area contributed by atoms with E-state index in [1.165, 1.54) is 6.42 Å². The number of hydrogen-bond acceptors (Lipinski definition) is 3. The lowest BCUT2D eigenvalue weighted by molar-refractivity contribution is 0.179. The Bertz CT molecular complexity index is 107. The first kappa shape index (κ1) is 12.9. The molecule has 0 aromatic rings. The summed E-state index contributed by atoms with van der Waals surface area (Å²) in [5, 5.41) is 0. The zero-order valence-corrected chi connectivity index (χ0v) is 9.25. The van der Waals surface area contributed by atoms with Crippen molar-refractivity contribution in [3.63, 3.8) is 0 Å². The largest absolute Gasteiger partial charge is 0.385 e. The minimum Gasteiger partial charge on any atom is -0.385 e. The van der Waals surface area contributed by atoms with Crippen LogP contribution in [-0.2, 0) is 4.74 Å². The molecule has 0 saturated heterocycles. The molecule has 0 aromatic carbocycles. The summed E-state index contributed by atoms with van der Waals surface area (Å²) in [7, 11) is 3.90. The minimum absolute atomic E-state index is 0.340. The van der Waals surface area contributed by atoms with Crippen LogP contribution in [0.3, 0.4) is 0 Å². The molecule has 0 heterocycles. The molecule has 0 aliphatic rings. The molecule has 0 fully saturated rings. The average molecular weight is 188 g/mol. The zero-order chi connectivity index (χ0) is 10.1. The molecule has 80 valence electrons. The van der Waals surface area contributed by atoms with Gasteiger partial charge < -0.3 is 15.4 Å². The first-order valence-corrected chi connectivity index (χ1v) is 5.10. The van der Waals surface area contributed by atoms with Crippen LogP contribution in [0.25, 0.3) is 0 Å². The summed E-state index contributed by atoms with van der Waals surface area (Å²) in [6, 6.07) is 0.340. The van der Waals surface area contributed by atoms with E-state index in [1.807, 2.05) is 0 Å². The van der Waals surface area contributed by atoms with Crippen LogP contribution in [0.5, 0.6) is 0 Å². The third-order valence-electron chi connectivity index (χ3n) is 2.09. The second-order valence-electron chi connectivity index (χ2n) is 3.77. The van der Waals surface area contributed by atoms with E-state index < -0.39 is 0 Å². The smallest absolute Gasteiger partial charge is 0.0474 e. The van der Waals surface area contributed by atoms with E-state index in [0.717, 1.165) is 32.5 Å². The van der Waals surface area contributed by atoms with Crippen molar-refractivity contribution >= 4 is 0 Å². The van der Waals surface area contributed by atoms with Crippen molar-refractivity contribution in [2.45, 2.75) is 32.2 Å². The van der Waals surface area contributed by atoms with Gasteiger partial charge in [0.15, 0.2) is 0 Å². The molecule has 0 spiro atoms. The van der Waals surface area contributed by atoms with E-state index in [0.29, 0.717) is 6.04 Å². The van der Waals surface area contributed by atoms with Gasteiger partial charge in [-0.3, -0.25) is 0 Å². The summed E-state index contributed by atoms with van der Waals surface area (Å²) in [6.07, 6.45) is 3.43. The highest BCUT2D eigenvalue weighted by Crippen LogP contribution is 1.96. The zero-order valence-electron chi connectivity index (χ0n) is 9.25. The predicted molar refractivity (Wildman–Crippen MR) is 56.9 cm³/mol. The van der Waals surface area contributed by atoms with Gasteiger partial charge in [0, 0.05) is 26.3 Å². The molecule has 1 unspecified atom stereocenters. The Morgan fingerprint density at radius 2 is 1.92 bits per heavy atom. The maximum atomic E-state index is 5.66. The molecule has 0 amide bonds. The van der Waals surface area contributed by atoms with Crippen LogP contribution < -0.4 is 5.73 Å². The van der Waals surface area contributed by atoms with E-state index in [1.54, 1.807) is 7.11 Å². The first-order chi connectivity index (χ1) is 6.16. The lowest BCUT2D eigenvalue weighted by Gasteiger charge is -2.16. The van der Waals surface area contributed by atoms with Crippen LogP contribution in [0.15, 0.2) is 0 Å². The maximum Gasteiger partial charge on any atom is 0.0474 e. The van der Waals surface area contributed by atoms with Crippen molar-refractivity contribution in [1.29, 1.82) is 0 Å². The van der Waals surface area contributed by atoms with E-state index in [2.05, 4.69) is 18.9 Å². The van der Waals surface area contributed by atoms with Gasteiger partial charge in [-0.2, -0.15) is 0 Å². The molecule has 0 rings (SSSR count). The second kappa shape index (κ2) is 8.48. The fourth-order valence-corrected chi connectivity index (χ4v) is 1.27. The van der Waals surface area contributed by atoms with Crippen LogP contribution in [-0.4, -0.2) is 44.8 Å². The fraction of sp³-hybridized carbons (Fsp3) is 1.00. The highest BCUT2D eigenvalue weighted by Gasteiger charge is 1.99. The topological polar surface area (TPSA) is 38.5 Å². The molecule has 0 aliphatic carbocycles. The van der Waals surface area contributed by atoms with E-state index >= 15 is 0 Å². The Balaban J connectivity index is 3.15. The first-order valence-electron chi connectivity index (χ1n) is 5.10. The summed E-state index contributed by atoms with van der Waals surface area (Å²) in [4.78, 5) is 2.33. The van der Waals surface area contributed by atoms with E-state index in [9.17, 15) is 0 Å². The Morgan fingerprint density at radius 3 is 2.46 bits per heavy atom. The number of nitrogens with zero attached hydrogens (tertiary/aromatic N) is 1. The number of ether oxygens (including phenoxy) is 1. The quantitative estimate of drug-likeness (QED) is 0.579. The van der Waals surface area contributed by atoms with Gasteiger partial charge in [0.05, 0.1) is 0 Å². The molecule has 2 N–H and O–H groups in total. The normalized spacial score (nSPS) is 13.6. The second-order valence-corrected chi connectivity index (χ2v) is 3.77. The Kier molecular flexibility index (Phi) is 8.40. The van der Waals surface area contributed by atoms with Crippen molar-refractivity contribution in [1.82, 2.24) is 4.90 Å². The fourth-order valence-electron chi connectivity index (χ4n) is 1.27. The van der Waals surface area contributed by atoms with Gasteiger partial charge in [-0.05, 0) is 39.8 Å². The lowest BCUT2D eigenvalue weighted by Crippen LogP contribution is -2.24. The van der Waals surface area contributed by atoms with Crippen LogP contribution in [0.2, 0.25) is 0 Å². The Morgan fingerprint density at radius 1 is 1.31 bits per heavy atom. The molecule has 0 saturated carbocycles. The number of nitrogens with two attached hydrogens (primary N) is 1. The van der Waals surface area contributed by atoms with Gasteiger partial charge in [0.25, 0.3) is 0 Å². The molecule has 3 heteroatoms. The third-order valence-corrected chi connectivity index (χ3v) is 2.09. The summed E-state index contributed by atoms with van der Waals surface area (Å²) >= 11 is 0. The molecule has 0 aromatic heterocycles. The SMILES string of the molecule is COCCCN(C)CCCC(C)N. The van der Waals surface area contributed by atoms with Crippen LogP contribution in [0.4, 0.5) is 0 Å². The Labute approximate surface area is 82.2 Å². The van der Waals surface area contributed by atoms with Crippen LogP contribution in [0.1, 0.15) is 26.2 Å². The maximum absolute atomic E-state index is 5.66. The van der Waals surface area contributed by atoms with Crippen LogP contribution in [0, 0.1) is 0 Å². The van der Waals surface area contributed by atoms with Crippen molar-refractivity contribution in [2.24, 2.45) is 5.73 Å². The Hall–Kier alpha value is -0.120. The van der Waals surface area contributed by atoms with Gasteiger partial charge in [-0.25, -0.2) is 0 Å². The highest BCUT2D eigenvalue weighted by atomic mass is 16.5. The predicted octanol–water partition coefficient (Wildman–Crippen LogP) is 1.08. The molecular formula is C10H24N2O. The highest BCUT2D eigenvalue weighted by molar-refractivity contribution is 4.57. The number of rotatable bonds is 8. The summed E-state index contributed by atoms with van der Waals surface area (Å²) in [5.41, 5.74) is 5.66. The molecule has 0 bridgehead atoms. The standard InChI is InChI=1S/C10H24N2O/c1-10(11)6-4-7-12(2)8-5-9-13-3/h10H,4-9,11H2,1-3H3. The molecule has 0 aliphatic heterocycles. The molecule has 13 heavy (non-hydrogen) atoms. The number of methoxy groups -OCH3 is 1. The van der Waals surface area contributed by atoms with Crippen LogP contribution >= 0.6 is 0 Å². The molecule has 0 radical (unpaired) electrons. The van der Waals surface area contributed by atoms with Gasteiger partial charge in [0.2, 0.25) is 0 Å². The summed E-state index contributed by atoms with van der Waals surface area (Å²) in [6.45, 7) is 5.18. The summed E-state index contributed by atoms with van der Waals surface area (Å²) < 4.78 is 4.99. The van der Waals surface area contributed by atoms with E-state index in [-0.39, 0.29) is 0 Å². The van der Waals surface area contributed by atoms with E-state index in [4.69, 9.17) is 10.5 Å². The van der Waals surface area contributed by atoms with Crippen molar-refractivity contribution in [3.05, 3.63) is 0 Å². The van der Waals surface area contributed by atoms with Gasteiger partial charge in [-0.1, -0.05) is 0 Å². The molecular weight excluding hydrogens is 164 g/mol. The van der Waals surface area contributed by atoms with Crippen molar-refractivity contribution in [2.75, 3.05) is 33.9 Å². The monoisotopic (exact) mass is 188 g/mol. The van der Waals surface area contributed by atoms with Crippen molar-refractivity contribution < 1.29 is 4.74 Å². The molecule has 1 atom stereocenters.